The summed E-state index contributed by atoms with van der Waals surface area (Å²) in [6, 6.07) is 9.20. The lowest BCUT2D eigenvalue weighted by Gasteiger charge is -2.73. The fourth-order valence-electron chi connectivity index (χ4n) is 17.2. The Morgan fingerprint density at radius 1 is 0.727 bits per heavy atom. The molecule has 88 heavy (non-hydrogen) atoms. The first-order chi connectivity index (χ1) is 41.4. The van der Waals surface area contributed by atoms with E-state index in [0.29, 0.717) is 51.4 Å². The summed E-state index contributed by atoms with van der Waals surface area (Å²) in [5.41, 5.74) is -4.12. The van der Waals surface area contributed by atoms with Crippen molar-refractivity contribution < 1.29 is 113 Å². The van der Waals surface area contributed by atoms with Crippen LogP contribution >= 0.6 is 0 Å². The molecule has 23 nitrogen and oxygen atoms in total. The van der Waals surface area contributed by atoms with E-state index < -0.39 is 199 Å². The summed E-state index contributed by atoms with van der Waals surface area (Å²) in [6.07, 6.45) is -21.9. The molecule has 1 aromatic carbocycles. The van der Waals surface area contributed by atoms with Crippen molar-refractivity contribution in [2.24, 2.45) is 56.2 Å². The summed E-state index contributed by atoms with van der Waals surface area (Å²) < 4.78 is 55.6. The number of aliphatic hydroxyl groups is 11. The van der Waals surface area contributed by atoms with E-state index in [2.05, 4.69) is 33.8 Å². The minimum atomic E-state index is -1.99. The van der Waals surface area contributed by atoms with Crippen LogP contribution in [0.5, 0.6) is 0 Å². The number of hydrogen-bond acceptors (Lipinski definition) is 23. The first-order valence-electron chi connectivity index (χ1n) is 31.7. The van der Waals surface area contributed by atoms with Gasteiger partial charge in [-0.05, 0) is 97.0 Å². The molecule has 0 aromatic heterocycles. The molecule has 0 bridgehead atoms. The third-order valence-corrected chi connectivity index (χ3v) is 22.8. The molecule has 1 aromatic rings. The van der Waals surface area contributed by atoms with Crippen LogP contribution in [-0.4, -0.2) is 217 Å². The van der Waals surface area contributed by atoms with Gasteiger partial charge in [-0.2, -0.15) is 0 Å². The Kier molecular flexibility index (Phi) is 20.7. The fraction of sp³-hybridized carbons (Fsp3) is 0.800. The molecule has 3 heterocycles. The molecular weight excluding hydrogens is 1150 g/mol. The van der Waals surface area contributed by atoms with Crippen LogP contribution in [0.15, 0.2) is 48.1 Å². The summed E-state index contributed by atoms with van der Waals surface area (Å²) in [5.74, 6) is -3.80. The molecule has 9 rings (SSSR count). The predicted molar refractivity (Wildman–Crippen MR) is 311 cm³/mol. The van der Waals surface area contributed by atoms with Gasteiger partial charge in [0.05, 0.1) is 56.1 Å². The maximum absolute atomic E-state index is 14.2. The highest BCUT2D eigenvalue weighted by Crippen LogP contribution is 2.76. The van der Waals surface area contributed by atoms with E-state index in [9.17, 15) is 70.6 Å². The normalized spacial score (nSPS) is 45.8. The van der Waals surface area contributed by atoms with E-state index in [1.807, 2.05) is 65.0 Å². The van der Waals surface area contributed by atoms with E-state index >= 15 is 0 Å². The van der Waals surface area contributed by atoms with Gasteiger partial charge >= 0.3 is 17.9 Å². The molecule has 27 atom stereocenters. The van der Waals surface area contributed by atoms with Crippen LogP contribution in [0.2, 0.25) is 0 Å². The number of carbonyl (C=O) groups is 3. The van der Waals surface area contributed by atoms with Gasteiger partial charge < -0.3 is 98.8 Å². The Bertz CT molecular complexity index is 2650. The third kappa shape index (κ3) is 11.8. The summed E-state index contributed by atoms with van der Waals surface area (Å²) in [4.78, 5) is 42.1. The second-order valence-electron chi connectivity index (χ2n) is 28.4. The number of ether oxygens (including phenoxy) is 9. The van der Waals surface area contributed by atoms with E-state index in [4.69, 9.17) is 42.6 Å². The standard InChI is InChI=1S/C65H98O23/c1-11-13-27-80-56(79)50-48(85-57-45(73)42(70)36(68)30-81-57)47(75)49(86-58-46(74)44(72)43(71)37(29-66)82-58)59(87-50)83-40-24-25-62(8)38(61(40,6)7)23-26-63(9)39(62)21-20-34-35-28-60(4,5)53(84-41(69)22-19-33-17-15-14-16-18-33)54(88-55(78)32(3)12-2)65(35,31-67)52(77)51(76)64(34,63)10/h14-20,22,32,35-40,42-54,57-59,66-68,70-77H,11-13,21,23-31H2,1-10H3/b22-19+/t32?,35-,36-,37+,38-,39+,40-,42-,43+,44-,45+,46+,47-,48-,49+,50-,51-,52+,53-,54-,57-,58-,59+,62-,63+,64-,65-/m0/s1. The number of rotatable bonds is 18. The van der Waals surface area contributed by atoms with Crippen molar-refractivity contribution in [2.45, 2.75) is 244 Å². The minimum Gasteiger partial charge on any atom is -0.464 e. The molecule has 0 spiro atoms. The number of benzene rings is 1. The van der Waals surface area contributed by atoms with Gasteiger partial charge in [-0.1, -0.05) is 118 Å². The van der Waals surface area contributed by atoms with Crippen LogP contribution in [0.25, 0.3) is 6.08 Å². The van der Waals surface area contributed by atoms with Crippen molar-refractivity contribution in [3.05, 3.63) is 53.6 Å². The van der Waals surface area contributed by atoms with Crippen molar-refractivity contribution in [1.29, 1.82) is 0 Å². The number of carbonyl (C=O) groups excluding carboxylic acids is 3. The average Bonchev–Trinajstić information content (AvgIpc) is 0.686. The Morgan fingerprint density at radius 3 is 2.07 bits per heavy atom. The van der Waals surface area contributed by atoms with Gasteiger partial charge in [0, 0.05) is 16.9 Å². The molecule has 496 valence electrons. The highest BCUT2D eigenvalue weighted by atomic mass is 16.8. The number of unbranched alkanes of at least 4 members (excludes halogenated alkanes) is 1. The zero-order chi connectivity index (χ0) is 64.4. The van der Waals surface area contributed by atoms with Crippen LogP contribution in [0.3, 0.4) is 0 Å². The van der Waals surface area contributed by atoms with Crippen LogP contribution in [-0.2, 0) is 57.0 Å². The second kappa shape index (κ2) is 26.4. The zero-order valence-corrected chi connectivity index (χ0v) is 52.4. The van der Waals surface area contributed by atoms with Crippen molar-refractivity contribution in [1.82, 2.24) is 0 Å². The topological polar surface area (TPSA) is 357 Å². The van der Waals surface area contributed by atoms with Crippen LogP contribution < -0.4 is 0 Å². The van der Waals surface area contributed by atoms with Crippen molar-refractivity contribution in [3.63, 3.8) is 0 Å². The van der Waals surface area contributed by atoms with Crippen LogP contribution in [0.1, 0.15) is 133 Å². The van der Waals surface area contributed by atoms with Crippen molar-refractivity contribution in [3.8, 4) is 0 Å². The van der Waals surface area contributed by atoms with Gasteiger partial charge in [-0.25, -0.2) is 9.59 Å². The number of aliphatic hydroxyl groups excluding tert-OH is 11. The van der Waals surface area contributed by atoms with Gasteiger partial charge in [0.2, 0.25) is 0 Å². The third-order valence-electron chi connectivity index (χ3n) is 22.8. The zero-order valence-electron chi connectivity index (χ0n) is 52.4. The summed E-state index contributed by atoms with van der Waals surface area (Å²) in [7, 11) is 0. The highest BCUT2D eigenvalue weighted by Gasteiger charge is 2.76. The lowest BCUT2D eigenvalue weighted by atomic mass is 9.32. The van der Waals surface area contributed by atoms with Crippen molar-refractivity contribution >= 4 is 24.0 Å². The number of fused-ring (bicyclic) bond motifs is 7. The molecule has 8 aliphatic rings. The fourth-order valence-corrected chi connectivity index (χ4v) is 17.2. The van der Waals surface area contributed by atoms with Gasteiger partial charge in [0.25, 0.3) is 0 Å². The van der Waals surface area contributed by atoms with E-state index in [1.54, 1.807) is 13.0 Å². The lowest BCUT2D eigenvalue weighted by molar-refractivity contribution is -0.388. The summed E-state index contributed by atoms with van der Waals surface area (Å²) in [5, 5.41) is 126. The first kappa shape index (κ1) is 68.8. The predicted octanol–water partition coefficient (Wildman–Crippen LogP) is 2.35. The molecule has 0 radical (unpaired) electrons. The van der Waals surface area contributed by atoms with E-state index in [-0.39, 0.29) is 24.9 Å². The average molecular weight is 1250 g/mol. The minimum absolute atomic E-state index is 0.0513. The van der Waals surface area contributed by atoms with Gasteiger partial charge in [0.15, 0.2) is 31.1 Å². The molecule has 4 saturated carbocycles. The van der Waals surface area contributed by atoms with E-state index in [1.165, 1.54) is 6.08 Å². The SMILES string of the molecule is CCCCOC(=O)[C@H]1O[C@@H](O[C@H]2CC[C@]3(C)[C@H]4CC=C5[C@@H]6CC(C)(C)[C@@H](OC(=O)/C=C/c7ccccc7)[C@H](OC(=O)C(C)CC)[C@]6(CO)[C@H](O)[C@H](O)[C@@]5(C)[C@]4(C)CC[C@H]3C2(C)C)[C@H](O[C@@H]2O[C@H](CO)[C@@H](O)[C@H](O)[C@H]2O)[C@@H](O)[C@@H]1O[C@@H]1OC[C@H](O)[C@H](O)[C@H]1O. The molecule has 3 aliphatic heterocycles. The van der Waals surface area contributed by atoms with Crippen LogP contribution in [0, 0.1) is 56.2 Å². The largest absolute Gasteiger partial charge is 0.464 e. The molecule has 23 heteroatoms. The maximum atomic E-state index is 14.2. The van der Waals surface area contributed by atoms with Crippen molar-refractivity contribution in [2.75, 3.05) is 26.4 Å². The Labute approximate surface area is 515 Å². The molecule has 5 aliphatic carbocycles. The molecule has 7 fully saturated rings. The van der Waals surface area contributed by atoms with Gasteiger partial charge in [-0.3, -0.25) is 4.79 Å². The molecule has 0 amide bonds. The van der Waals surface area contributed by atoms with Gasteiger partial charge in [0.1, 0.15) is 67.1 Å². The monoisotopic (exact) mass is 1250 g/mol. The smallest absolute Gasteiger partial charge is 0.338 e. The van der Waals surface area contributed by atoms with Gasteiger partial charge in [-0.15, -0.1) is 0 Å². The number of esters is 3. The second-order valence-corrected chi connectivity index (χ2v) is 28.4. The summed E-state index contributed by atoms with van der Waals surface area (Å²) in [6.45, 7) is 17.8. The lowest BCUT2D eigenvalue weighted by Crippen LogP contribution is -2.76. The number of allylic oxidation sites excluding steroid dienone is 1. The molecule has 1 unspecified atom stereocenters. The highest BCUT2D eigenvalue weighted by molar-refractivity contribution is 5.87. The molecule has 3 saturated heterocycles. The van der Waals surface area contributed by atoms with E-state index in [0.717, 1.165) is 11.1 Å². The first-order valence-corrected chi connectivity index (χ1v) is 31.7. The molecule has 11 N–H and O–H groups in total. The Balaban J connectivity index is 1.04. The van der Waals surface area contributed by atoms with Crippen LogP contribution in [0.4, 0.5) is 0 Å². The Hall–Kier alpha value is -3.57. The maximum Gasteiger partial charge on any atom is 0.338 e. The molecular formula is C65H98O23. The Morgan fingerprint density at radius 2 is 1.41 bits per heavy atom. The quantitative estimate of drug-likeness (QED) is 0.0251. The number of hydrogen-bond donors (Lipinski definition) is 11. The summed E-state index contributed by atoms with van der Waals surface area (Å²) >= 11 is 0.